The predicted octanol–water partition coefficient (Wildman–Crippen LogP) is 1.36. The minimum absolute atomic E-state index is 0.00219. The Labute approximate surface area is 150 Å². The summed E-state index contributed by atoms with van der Waals surface area (Å²) in [6.07, 6.45) is 1.45. The van der Waals surface area contributed by atoms with Crippen LogP contribution in [0.3, 0.4) is 0 Å². The number of halogens is 2. The van der Waals surface area contributed by atoms with Gasteiger partial charge in [-0.1, -0.05) is 6.07 Å². The molecule has 0 aliphatic carbocycles. The van der Waals surface area contributed by atoms with E-state index in [2.05, 4.69) is 25.3 Å². The molecular weight excluding hydrogens is 356 g/mol. The van der Waals surface area contributed by atoms with Gasteiger partial charge in [0.1, 0.15) is 23.0 Å². The van der Waals surface area contributed by atoms with Crippen LogP contribution in [0.25, 0.3) is 22.6 Å². The lowest BCUT2D eigenvalue weighted by Crippen LogP contribution is -2.08. The van der Waals surface area contributed by atoms with Crippen LogP contribution in [0.5, 0.6) is 0 Å². The van der Waals surface area contributed by atoms with Crippen molar-refractivity contribution < 1.29 is 8.78 Å². The van der Waals surface area contributed by atoms with Crippen molar-refractivity contribution in [3.05, 3.63) is 47.7 Å². The highest BCUT2D eigenvalue weighted by Crippen LogP contribution is 2.28. The lowest BCUT2D eigenvalue weighted by atomic mass is 10.2. The van der Waals surface area contributed by atoms with Gasteiger partial charge in [0.25, 0.3) is 0 Å². The smallest absolute Gasteiger partial charge is 0.184 e. The maximum Gasteiger partial charge on any atom is 0.184 e. The van der Waals surface area contributed by atoms with Gasteiger partial charge in [-0.2, -0.15) is 10.2 Å². The summed E-state index contributed by atoms with van der Waals surface area (Å²) in [6.45, 7) is -0.201. The van der Waals surface area contributed by atoms with Crippen molar-refractivity contribution in [2.45, 2.75) is 6.54 Å². The first-order valence-electron chi connectivity index (χ1n) is 7.75. The number of anilines is 3. The fourth-order valence-electron chi connectivity index (χ4n) is 2.64. The molecule has 0 radical (unpaired) electrons. The molecule has 0 saturated carbocycles. The monoisotopic (exact) mass is 369 g/mol. The summed E-state index contributed by atoms with van der Waals surface area (Å²) in [5.74, 6) is -1.27. The van der Waals surface area contributed by atoms with Crippen molar-refractivity contribution in [2.24, 2.45) is 0 Å². The molecule has 9 nitrogen and oxygen atoms in total. The van der Waals surface area contributed by atoms with Crippen molar-refractivity contribution in [1.82, 2.24) is 29.9 Å². The Hall–Kier alpha value is -3.89. The molecule has 0 saturated heterocycles. The molecular formula is C16H13F2N9. The maximum absolute atomic E-state index is 14.0. The SMILES string of the molecule is Nc1nc(-c2nn(Cc3c(F)cccc3F)c3nnccc23)nc(N)c1N. The molecule has 6 N–H and O–H groups in total. The second kappa shape index (κ2) is 6.12. The molecule has 0 bridgehead atoms. The van der Waals surface area contributed by atoms with E-state index in [-0.39, 0.29) is 40.9 Å². The first-order valence-corrected chi connectivity index (χ1v) is 7.75. The zero-order valence-corrected chi connectivity index (χ0v) is 13.8. The van der Waals surface area contributed by atoms with E-state index in [4.69, 9.17) is 17.2 Å². The van der Waals surface area contributed by atoms with E-state index in [1.807, 2.05) is 0 Å². The van der Waals surface area contributed by atoms with Gasteiger partial charge in [0.05, 0.1) is 18.1 Å². The lowest BCUT2D eigenvalue weighted by Gasteiger charge is -2.06. The summed E-state index contributed by atoms with van der Waals surface area (Å²) in [6, 6.07) is 5.25. The normalized spacial score (nSPS) is 11.2. The average molecular weight is 369 g/mol. The minimum atomic E-state index is -0.693. The molecule has 0 aliphatic heterocycles. The molecule has 0 unspecified atom stereocenters. The van der Waals surface area contributed by atoms with Crippen molar-refractivity contribution >= 4 is 28.4 Å². The summed E-state index contributed by atoms with van der Waals surface area (Å²) in [4.78, 5) is 8.20. The van der Waals surface area contributed by atoms with Crippen molar-refractivity contribution in [3.63, 3.8) is 0 Å². The third-order valence-corrected chi connectivity index (χ3v) is 4.01. The number of benzene rings is 1. The number of hydrogen-bond acceptors (Lipinski definition) is 8. The van der Waals surface area contributed by atoms with Gasteiger partial charge < -0.3 is 17.2 Å². The van der Waals surface area contributed by atoms with Crippen LogP contribution in [-0.2, 0) is 6.54 Å². The molecule has 4 rings (SSSR count). The number of fused-ring (bicyclic) bond motifs is 1. The van der Waals surface area contributed by atoms with Crippen LogP contribution < -0.4 is 17.2 Å². The van der Waals surface area contributed by atoms with Gasteiger partial charge in [0, 0.05) is 5.56 Å². The third kappa shape index (κ3) is 2.74. The zero-order valence-electron chi connectivity index (χ0n) is 13.8. The zero-order chi connectivity index (χ0) is 19.1. The molecule has 4 aromatic rings. The highest BCUT2D eigenvalue weighted by atomic mass is 19.1. The van der Waals surface area contributed by atoms with E-state index in [9.17, 15) is 8.78 Å². The Morgan fingerprint density at radius 3 is 2.30 bits per heavy atom. The highest BCUT2D eigenvalue weighted by molar-refractivity contribution is 5.90. The van der Waals surface area contributed by atoms with Crippen LogP contribution in [0.4, 0.5) is 26.1 Å². The van der Waals surface area contributed by atoms with Gasteiger partial charge in [-0.05, 0) is 18.2 Å². The van der Waals surface area contributed by atoms with Crippen molar-refractivity contribution in [3.8, 4) is 11.5 Å². The molecule has 1 aromatic carbocycles. The molecule has 11 heteroatoms. The number of aromatic nitrogens is 6. The third-order valence-electron chi connectivity index (χ3n) is 4.01. The largest absolute Gasteiger partial charge is 0.393 e. The van der Waals surface area contributed by atoms with Crippen molar-refractivity contribution in [2.75, 3.05) is 17.2 Å². The molecule has 0 fully saturated rings. The molecule has 27 heavy (non-hydrogen) atoms. The van der Waals surface area contributed by atoms with Crippen LogP contribution in [-0.4, -0.2) is 29.9 Å². The van der Waals surface area contributed by atoms with Gasteiger partial charge in [-0.25, -0.2) is 23.4 Å². The number of rotatable bonds is 3. The summed E-state index contributed by atoms with van der Waals surface area (Å²) in [5, 5.41) is 12.7. The Bertz CT molecular complexity index is 1130. The van der Waals surface area contributed by atoms with E-state index in [0.717, 1.165) is 0 Å². The second-order valence-corrected chi connectivity index (χ2v) is 5.71. The summed E-state index contributed by atoms with van der Waals surface area (Å²) < 4.78 is 29.4. The average Bonchev–Trinajstić information content (AvgIpc) is 3.01. The van der Waals surface area contributed by atoms with E-state index < -0.39 is 11.6 Å². The number of nitrogen functional groups attached to an aromatic ring is 3. The molecule has 0 amide bonds. The molecule has 0 atom stereocenters. The standard InChI is InChI=1S/C16H13F2N9/c17-9-2-1-3-10(18)8(9)6-27-16-7(4-5-22-25-16)12(26-27)15-23-13(20)11(19)14(21)24-15/h1-5H,6,19H2,(H4,20,21,23,24). The highest BCUT2D eigenvalue weighted by Gasteiger charge is 2.20. The van der Waals surface area contributed by atoms with E-state index >= 15 is 0 Å². The van der Waals surface area contributed by atoms with Crippen LogP contribution >= 0.6 is 0 Å². The van der Waals surface area contributed by atoms with Gasteiger partial charge in [-0.3, -0.25) is 0 Å². The van der Waals surface area contributed by atoms with Crippen LogP contribution in [0.1, 0.15) is 5.56 Å². The van der Waals surface area contributed by atoms with E-state index in [1.54, 1.807) is 6.07 Å². The van der Waals surface area contributed by atoms with E-state index in [0.29, 0.717) is 11.0 Å². The quantitative estimate of drug-likeness (QED) is 0.490. The van der Waals surface area contributed by atoms with Crippen LogP contribution in [0, 0.1) is 11.6 Å². The molecule has 3 aromatic heterocycles. The summed E-state index contributed by atoms with van der Waals surface area (Å²) in [5.41, 5.74) is 17.7. The molecule has 0 spiro atoms. The first kappa shape index (κ1) is 16.6. The van der Waals surface area contributed by atoms with Gasteiger partial charge in [0.2, 0.25) is 0 Å². The van der Waals surface area contributed by atoms with Crippen LogP contribution in [0.2, 0.25) is 0 Å². The predicted molar refractivity (Wildman–Crippen MR) is 95.0 cm³/mol. The molecule has 3 heterocycles. The van der Waals surface area contributed by atoms with Gasteiger partial charge in [0.15, 0.2) is 23.1 Å². The van der Waals surface area contributed by atoms with E-state index in [1.165, 1.54) is 29.1 Å². The number of nitrogens with zero attached hydrogens (tertiary/aromatic N) is 6. The summed E-state index contributed by atoms with van der Waals surface area (Å²) in [7, 11) is 0. The lowest BCUT2D eigenvalue weighted by molar-refractivity contribution is 0.536. The fraction of sp³-hybridized carbons (Fsp3) is 0.0625. The Morgan fingerprint density at radius 2 is 1.63 bits per heavy atom. The minimum Gasteiger partial charge on any atom is -0.393 e. The fourth-order valence-corrected chi connectivity index (χ4v) is 2.64. The van der Waals surface area contributed by atoms with Gasteiger partial charge >= 0.3 is 0 Å². The Balaban J connectivity index is 1.90. The Kier molecular flexibility index (Phi) is 3.76. The second-order valence-electron chi connectivity index (χ2n) is 5.71. The topological polar surface area (TPSA) is 147 Å². The van der Waals surface area contributed by atoms with Crippen molar-refractivity contribution in [1.29, 1.82) is 0 Å². The number of hydrogen-bond donors (Lipinski definition) is 3. The maximum atomic E-state index is 14.0. The summed E-state index contributed by atoms with van der Waals surface area (Å²) >= 11 is 0. The molecule has 136 valence electrons. The molecule has 0 aliphatic rings. The Morgan fingerprint density at radius 1 is 0.963 bits per heavy atom. The first-order chi connectivity index (χ1) is 13.0. The van der Waals surface area contributed by atoms with Crippen LogP contribution in [0.15, 0.2) is 30.5 Å². The van der Waals surface area contributed by atoms with Gasteiger partial charge in [-0.15, -0.1) is 5.10 Å². The number of nitrogens with two attached hydrogens (primary N) is 3.